The highest BCUT2D eigenvalue weighted by Crippen LogP contribution is 2.27. The first-order valence-corrected chi connectivity index (χ1v) is 5.82. The zero-order valence-electron chi connectivity index (χ0n) is 9.75. The van der Waals surface area contributed by atoms with Crippen LogP contribution in [0.15, 0.2) is 18.3 Å². The van der Waals surface area contributed by atoms with Gasteiger partial charge in [-0.1, -0.05) is 6.92 Å². The molecule has 2 heterocycles. The van der Waals surface area contributed by atoms with Crippen LogP contribution < -0.4 is 10.1 Å². The van der Waals surface area contributed by atoms with Crippen molar-refractivity contribution < 1.29 is 13.5 Å². The molecule has 1 aromatic rings. The van der Waals surface area contributed by atoms with Crippen molar-refractivity contribution in [3.8, 4) is 5.88 Å². The zero-order valence-corrected chi connectivity index (χ0v) is 9.75. The molecule has 0 aromatic carbocycles. The van der Waals surface area contributed by atoms with Gasteiger partial charge in [-0.2, -0.15) is 0 Å². The molecular weight excluding hydrogens is 226 g/mol. The van der Waals surface area contributed by atoms with Crippen LogP contribution in [0, 0.1) is 0 Å². The van der Waals surface area contributed by atoms with Crippen LogP contribution in [0.2, 0.25) is 0 Å². The van der Waals surface area contributed by atoms with Crippen molar-refractivity contribution in [3.63, 3.8) is 0 Å². The molecule has 0 spiro atoms. The summed E-state index contributed by atoms with van der Waals surface area (Å²) in [7, 11) is 0. The van der Waals surface area contributed by atoms with Crippen molar-refractivity contribution in [2.24, 2.45) is 0 Å². The Morgan fingerprint density at radius 2 is 2.41 bits per heavy atom. The second kappa shape index (κ2) is 4.96. The van der Waals surface area contributed by atoms with Crippen LogP contribution in [0.4, 0.5) is 8.78 Å². The second-order valence-electron chi connectivity index (χ2n) is 4.19. The van der Waals surface area contributed by atoms with Crippen LogP contribution >= 0.6 is 0 Å². The van der Waals surface area contributed by atoms with E-state index >= 15 is 0 Å². The van der Waals surface area contributed by atoms with Crippen LogP contribution in [0.5, 0.6) is 5.88 Å². The first-order valence-electron chi connectivity index (χ1n) is 5.82. The molecule has 1 unspecified atom stereocenters. The summed E-state index contributed by atoms with van der Waals surface area (Å²) >= 11 is 0. The van der Waals surface area contributed by atoms with Gasteiger partial charge in [0, 0.05) is 18.7 Å². The highest BCUT2D eigenvalue weighted by Gasteiger charge is 2.43. The predicted molar refractivity (Wildman–Crippen MR) is 60.5 cm³/mol. The fourth-order valence-corrected chi connectivity index (χ4v) is 1.84. The van der Waals surface area contributed by atoms with E-state index in [1.807, 2.05) is 13.0 Å². The molecule has 1 aliphatic heterocycles. The topological polar surface area (TPSA) is 34.1 Å². The number of alkyl halides is 2. The normalized spacial score (nSPS) is 23.4. The predicted octanol–water partition coefficient (Wildman–Crippen LogP) is 2.02. The third kappa shape index (κ3) is 2.91. The lowest BCUT2D eigenvalue weighted by atomic mass is 10.1. The van der Waals surface area contributed by atoms with Gasteiger partial charge in [-0.05, 0) is 24.6 Å². The molecule has 5 heteroatoms. The zero-order chi connectivity index (χ0) is 12.3. The molecule has 0 bridgehead atoms. The van der Waals surface area contributed by atoms with Crippen molar-refractivity contribution in [3.05, 3.63) is 23.9 Å². The van der Waals surface area contributed by atoms with Crippen molar-refractivity contribution >= 4 is 0 Å². The Balaban J connectivity index is 2.08. The number of nitrogens with one attached hydrogen (secondary N) is 1. The highest BCUT2D eigenvalue weighted by molar-refractivity contribution is 5.20. The van der Waals surface area contributed by atoms with Crippen molar-refractivity contribution in [2.75, 3.05) is 13.1 Å². The fraction of sp³-hybridized carbons (Fsp3) is 0.583. The summed E-state index contributed by atoms with van der Waals surface area (Å²) < 4.78 is 32.4. The van der Waals surface area contributed by atoms with Crippen LogP contribution in [-0.2, 0) is 6.42 Å². The average molecular weight is 242 g/mol. The van der Waals surface area contributed by atoms with Crippen LogP contribution in [0.25, 0.3) is 0 Å². The number of pyridine rings is 1. The Morgan fingerprint density at radius 3 is 3.12 bits per heavy atom. The molecule has 2 rings (SSSR count). The first kappa shape index (κ1) is 12.2. The highest BCUT2D eigenvalue weighted by atomic mass is 19.3. The van der Waals surface area contributed by atoms with Gasteiger partial charge < -0.3 is 10.1 Å². The molecule has 0 saturated carbocycles. The minimum atomic E-state index is -2.83. The van der Waals surface area contributed by atoms with Gasteiger partial charge >= 0.3 is 0 Å². The van der Waals surface area contributed by atoms with Gasteiger partial charge in [0.25, 0.3) is 5.92 Å². The van der Waals surface area contributed by atoms with Crippen molar-refractivity contribution in [1.29, 1.82) is 0 Å². The number of ether oxygens (including phenoxy) is 1. The third-order valence-corrected chi connectivity index (χ3v) is 2.89. The first-order chi connectivity index (χ1) is 8.12. The number of aromatic nitrogens is 1. The van der Waals surface area contributed by atoms with Gasteiger partial charge in [-0.3, -0.25) is 0 Å². The Bertz CT molecular complexity index is 385. The molecule has 94 valence electrons. The Morgan fingerprint density at radius 1 is 1.59 bits per heavy atom. The third-order valence-electron chi connectivity index (χ3n) is 2.89. The number of nitrogens with zero attached hydrogens (tertiary/aromatic N) is 1. The minimum Gasteiger partial charge on any atom is -0.468 e. The Kier molecular flexibility index (Phi) is 3.57. The average Bonchev–Trinajstić information content (AvgIpc) is 2.32. The molecule has 1 N–H and O–H groups in total. The van der Waals surface area contributed by atoms with Crippen LogP contribution in [-0.4, -0.2) is 30.1 Å². The maximum atomic E-state index is 13.5. The Hall–Kier alpha value is -1.23. The van der Waals surface area contributed by atoms with Gasteiger partial charge in [0.2, 0.25) is 5.88 Å². The lowest BCUT2D eigenvalue weighted by Gasteiger charge is -2.31. The number of halogens is 2. The summed E-state index contributed by atoms with van der Waals surface area (Å²) in [4.78, 5) is 3.97. The van der Waals surface area contributed by atoms with Gasteiger partial charge in [0.05, 0.1) is 6.54 Å². The largest absolute Gasteiger partial charge is 0.468 e. The summed E-state index contributed by atoms with van der Waals surface area (Å²) in [5.41, 5.74) is 1.03. The van der Waals surface area contributed by atoms with E-state index in [-0.39, 0.29) is 12.4 Å². The van der Waals surface area contributed by atoms with Gasteiger partial charge in [-0.25, -0.2) is 13.8 Å². The number of aryl methyl sites for hydroxylation is 1. The van der Waals surface area contributed by atoms with E-state index in [9.17, 15) is 8.78 Å². The maximum Gasteiger partial charge on any atom is 0.296 e. The van der Waals surface area contributed by atoms with Gasteiger partial charge in [0.15, 0.2) is 6.10 Å². The Labute approximate surface area is 99.2 Å². The minimum absolute atomic E-state index is 0.288. The molecule has 17 heavy (non-hydrogen) atoms. The molecule has 1 aliphatic rings. The maximum absolute atomic E-state index is 13.5. The summed E-state index contributed by atoms with van der Waals surface area (Å²) in [6.45, 7) is 2.22. The molecule has 0 radical (unpaired) electrons. The van der Waals surface area contributed by atoms with Crippen LogP contribution in [0.3, 0.4) is 0 Å². The number of hydrogen-bond donors (Lipinski definition) is 1. The molecule has 0 aliphatic carbocycles. The lowest BCUT2D eigenvalue weighted by Crippen LogP contribution is -2.52. The quantitative estimate of drug-likeness (QED) is 0.880. The summed E-state index contributed by atoms with van der Waals surface area (Å²) in [6.07, 6.45) is 1.64. The number of hydrogen-bond acceptors (Lipinski definition) is 3. The smallest absolute Gasteiger partial charge is 0.296 e. The standard InChI is InChI=1S/C12H16F2N2O/c1-2-9-3-6-16-11(7-9)17-10-4-5-15-8-12(10,13)14/h3,6-7,10,15H,2,4-5,8H2,1H3. The lowest BCUT2D eigenvalue weighted by molar-refractivity contribution is -0.110. The fourth-order valence-electron chi connectivity index (χ4n) is 1.84. The van der Waals surface area contributed by atoms with E-state index in [0.29, 0.717) is 13.0 Å². The van der Waals surface area contributed by atoms with Crippen molar-refractivity contribution in [1.82, 2.24) is 10.3 Å². The summed E-state index contributed by atoms with van der Waals surface area (Å²) in [5, 5.41) is 2.66. The molecule has 1 fully saturated rings. The monoisotopic (exact) mass is 242 g/mol. The molecule has 1 saturated heterocycles. The van der Waals surface area contributed by atoms with E-state index < -0.39 is 12.0 Å². The van der Waals surface area contributed by atoms with E-state index in [0.717, 1.165) is 12.0 Å². The summed E-state index contributed by atoms with van der Waals surface area (Å²) in [5.74, 6) is -2.54. The molecular formula is C12H16F2N2O. The van der Waals surface area contributed by atoms with Crippen LogP contribution in [0.1, 0.15) is 18.9 Å². The SMILES string of the molecule is CCc1ccnc(OC2CCNCC2(F)F)c1. The van der Waals surface area contributed by atoms with E-state index in [1.54, 1.807) is 12.3 Å². The molecule has 3 nitrogen and oxygen atoms in total. The van der Waals surface area contributed by atoms with Gasteiger partial charge in [-0.15, -0.1) is 0 Å². The molecule has 0 amide bonds. The van der Waals surface area contributed by atoms with E-state index in [1.165, 1.54) is 0 Å². The van der Waals surface area contributed by atoms with Crippen molar-refractivity contribution in [2.45, 2.75) is 31.8 Å². The number of piperidine rings is 1. The van der Waals surface area contributed by atoms with Gasteiger partial charge in [0.1, 0.15) is 0 Å². The number of rotatable bonds is 3. The summed E-state index contributed by atoms with van der Waals surface area (Å²) in [6, 6.07) is 3.57. The second-order valence-corrected chi connectivity index (χ2v) is 4.19. The van der Waals surface area contributed by atoms with E-state index in [2.05, 4.69) is 10.3 Å². The molecule has 1 atom stereocenters. The molecule has 1 aromatic heterocycles. The van der Waals surface area contributed by atoms with E-state index in [4.69, 9.17) is 4.74 Å².